The first-order chi connectivity index (χ1) is 12.8. The number of benzene rings is 3. The third kappa shape index (κ3) is 3.37. The summed E-state index contributed by atoms with van der Waals surface area (Å²) in [6.45, 7) is 0. The second-order valence-corrected chi connectivity index (χ2v) is 5.68. The molecule has 4 rings (SSSR count). The lowest BCUT2D eigenvalue weighted by Crippen LogP contribution is -2.13. The topological polar surface area (TPSA) is 63.0 Å². The third-order valence-electron chi connectivity index (χ3n) is 3.85. The van der Waals surface area contributed by atoms with Crippen LogP contribution in [0.2, 0.25) is 0 Å². The Labute approximate surface area is 150 Å². The van der Waals surface area contributed by atoms with E-state index in [4.69, 9.17) is 4.74 Å². The van der Waals surface area contributed by atoms with Crippen LogP contribution in [0.25, 0.3) is 0 Å². The zero-order valence-corrected chi connectivity index (χ0v) is 13.8. The van der Waals surface area contributed by atoms with Crippen LogP contribution in [0.15, 0.2) is 89.1 Å². The predicted molar refractivity (Wildman–Crippen MR) is 102 cm³/mol. The largest absolute Gasteiger partial charge is 0.457 e. The number of anilines is 1. The van der Waals surface area contributed by atoms with Crippen molar-refractivity contribution in [1.82, 2.24) is 0 Å². The number of hydrogen-bond acceptors (Lipinski definition) is 4. The molecule has 26 heavy (non-hydrogen) atoms. The molecule has 0 aliphatic carbocycles. The molecule has 1 N–H and O–H groups in total. The minimum atomic E-state index is -0.246. The van der Waals surface area contributed by atoms with E-state index in [1.54, 1.807) is 6.21 Å². The van der Waals surface area contributed by atoms with Gasteiger partial charge in [0, 0.05) is 5.56 Å². The van der Waals surface area contributed by atoms with Crippen LogP contribution < -0.4 is 10.1 Å². The summed E-state index contributed by atoms with van der Waals surface area (Å²) in [5.41, 5.74) is 2.66. The van der Waals surface area contributed by atoms with Crippen molar-refractivity contribution in [3.8, 4) is 11.5 Å². The van der Waals surface area contributed by atoms with Gasteiger partial charge in [-0.25, -0.2) is 0 Å². The van der Waals surface area contributed by atoms with E-state index in [0.29, 0.717) is 11.5 Å². The quantitative estimate of drug-likeness (QED) is 0.569. The Kier molecular flexibility index (Phi) is 4.26. The molecule has 1 aliphatic rings. The van der Waals surface area contributed by atoms with Crippen LogP contribution in [0.3, 0.4) is 0 Å². The number of carbonyl (C=O) groups is 1. The van der Waals surface area contributed by atoms with Crippen molar-refractivity contribution in [2.45, 2.75) is 0 Å². The van der Waals surface area contributed by atoms with Crippen LogP contribution >= 0.6 is 0 Å². The van der Waals surface area contributed by atoms with Crippen LogP contribution in [0.4, 0.5) is 5.69 Å². The van der Waals surface area contributed by atoms with Crippen LogP contribution in [0.1, 0.15) is 11.1 Å². The van der Waals surface area contributed by atoms with Crippen molar-refractivity contribution >= 4 is 23.5 Å². The number of fused-ring (bicyclic) bond motifs is 1. The summed E-state index contributed by atoms with van der Waals surface area (Å²) in [6.07, 6.45) is 1.60. The molecule has 0 radical (unpaired) electrons. The second-order valence-electron chi connectivity index (χ2n) is 5.68. The summed E-state index contributed by atoms with van der Waals surface area (Å²) in [4.78, 5) is 12.0. The zero-order valence-electron chi connectivity index (χ0n) is 13.8. The summed E-state index contributed by atoms with van der Waals surface area (Å²) in [6, 6.07) is 24.5. The van der Waals surface area contributed by atoms with Crippen LogP contribution in [0.5, 0.6) is 11.5 Å². The van der Waals surface area contributed by atoms with Crippen molar-refractivity contribution in [1.29, 1.82) is 0 Å². The molecule has 3 aromatic rings. The Morgan fingerprint density at radius 2 is 1.62 bits per heavy atom. The van der Waals surface area contributed by atoms with E-state index >= 15 is 0 Å². The lowest BCUT2D eigenvalue weighted by Gasteiger charge is -2.05. The number of nitrogens with one attached hydrogen (secondary N) is 1. The number of rotatable bonds is 4. The molecule has 0 fully saturated rings. The predicted octanol–water partition coefficient (Wildman–Crippen LogP) is 4.25. The maximum atomic E-state index is 12.0. The van der Waals surface area contributed by atoms with E-state index in [1.807, 2.05) is 78.9 Å². The molecule has 1 heterocycles. The molecular weight excluding hydrogens is 326 g/mol. The number of carbonyl (C=O) groups excluding carboxylic acids is 1. The monoisotopic (exact) mass is 341 g/mol. The van der Waals surface area contributed by atoms with Crippen molar-refractivity contribution in [3.05, 3.63) is 90.0 Å². The van der Waals surface area contributed by atoms with Gasteiger partial charge >= 0.3 is 0 Å². The first kappa shape index (κ1) is 15.8. The maximum Gasteiger partial charge on any atom is 0.276 e. The number of amides is 1. The molecule has 126 valence electrons. The van der Waals surface area contributed by atoms with E-state index in [9.17, 15) is 4.79 Å². The van der Waals surface area contributed by atoms with Gasteiger partial charge in [-0.3, -0.25) is 4.79 Å². The SMILES string of the molecule is O=C1Nc2ccccc2C1=NN=Cc1cccc(Oc2ccccc2)c1. The van der Waals surface area contributed by atoms with Gasteiger partial charge in [0.25, 0.3) is 5.91 Å². The first-order valence-corrected chi connectivity index (χ1v) is 8.14. The number of para-hydroxylation sites is 2. The molecular formula is C21H15N3O2. The summed E-state index contributed by atoms with van der Waals surface area (Å²) < 4.78 is 5.80. The molecule has 5 nitrogen and oxygen atoms in total. The Morgan fingerprint density at radius 3 is 2.50 bits per heavy atom. The molecule has 0 bridgehead atoms. The van der Waals surface area contributed by atoms with Crippen LogP contribution in [0, 0.1) is 0 Å². The Bertz CT molecular complexity index is 1010. The summed E-state index contributed by atoms with van der Waals surface area (Å²) >= 11 is 0. The summed E-state index contributed by atoms with van der Waals surface area (Å²) in [5.74, 6) is 1.22. The molecule has 5 heteroatoms. The normalized spacial score (nSPS) is 14.5. The fourth-order valence-electron chi connectivity index (χ4n) is 2.64. The van der Waals surface area contributed by atoms with E-state index in [0.717, 1.165) is 22.6 Å². The van der Waals surface area contributed by atoms with Gasteiger partial charge in [0.15, 0.2) is 5.71 Å². The van der Waals surface area contributed by atoms with E-state index in [-0.39, 0.29) is 5.91 Å². The van der Waals surface area contributed by atoms with E-state index in [2.05, 4.69) is 15.5 Å². The number of ether oxygens (including phenoxy) is 1. The van der Waals surface area contributed by atoms with Crippen molar-refractivity contribution in [2.75, 3.05) is 5.32 Å². The maximum absolute atomic E-state index is 12.0. The Balaban J connectivity index is 1.53. The van der Waals surface area contributed by atoms with Gasteiger partial charge in [-0.2, -0.15) is 5.10 Å². The van der Waals surface area contributed by atoms with Crippen molar-refractivity contribution < 1.29 is 9.53 Å². The molecule has 1 amide bonds. The second kappa shape index (κ2) is 7.03. The minimum Gasteiger partial charge on any atom is -0.457 e. The molecule has 0 saturated heterocycles. The van der Waals surface area contributed by atoms with Gasteiger partial charge in [-0.1, -0.05) is 48.5 Å². The van der Waals surface area contributed by atoms with Crippen LogP contribution in [-0.2, 0) is 4.79 Å². The third-order valence-corrected chi connectivity index (χ3v) is 3.85. The average Bonchev–Trinajstić information content (AvgIpc) is 2.98. The first-order valence-electron chi connectivity index (χ1n) is 8.14. The Morgan fingerprint density at radius 1 is 0.846 bits per heavy atom. The molecule has 3 aromatic carbocycles. The smallest absolute Gasteiger partial charge is 0.276 e. The lowest BCUT2D eigenvalue weighted by atomic mass is 10.1. The van der Waals surface area contributed by atoms with Crippen LogP contribution in [-0.4, -0.2) is 17.8 Å². The van der Waals surface area contributed by atoms with Gasteiger partial charge in [0.05, 0.1) is 11.9 Å². The highest BCUT2D eigenvalue weighted by Crippen LogP contribution is 2.23. The van der Waals surface area contributed by atoms with E-state index < -0.39 is 0 Å². The lowest BCUT2D eigenvalue weighted by molar-refractivity contribution is -0.110. The van der Waals surface area contributed by atoms with Gasteiger partial charge in [-0.05, 0) is 35.9 Å². The standard InChI is InChI=1S/C21H15N3O2/c25-21-20(18-11-4-5-12-19(18)23-21)24-22-14-15-7-6-10-17(13-15)26-16-8-2-1-3-9-16/h1-14H,(H,23,24,25). The molecule has 0 spiro atoms. The highest BCUT2D eigenvalue weighted by Gasteiger charge is 2.25. The van der Waals surface area contributed by atoms with Gasteiger partial charge in [-0.15, -0.1) is 5.10 Å². The molecule has 0 unspecified atom stereocenters. The van der Waals surface area contributed by atoms with E-state index in [1.165, 1.54) is 0 Å². The van der Waals surface area contributed by atoms with Gasteiger partial charge in [0.1, 0.15) is 11.5 Å². The Hall–Kier alpha value is -3.73. The fraction of sp³-hybridized carbons (Fsp3) is 0. The summed E-state index contributed by atoms with van der Waals surface area (Å²) in [5, 5.41) is 10.9. The van der Waals surface area contributed by atoms with Gasteiger partial charge < -0.3 is 10.1 Å². The average molecular weight is 341 g/mol. The molecule has 0 atom stereocenters. The van der Waals surface area contributed by atoms with Crippen molar-refractivity contribution in [2.24, 2.45) is 10.2 Å². The molecule has 0 aromatic heterocycles. The molecule has 1 aliphatic heterocycles. The highest BCUT2D eigenvalue weighted by atomic mass is 16.5. The highest BCUT2D eigenvalue weighted by molar-refractivity contribution is 6.53. The summed E-state index contributed by atoms with van der Waals surface area (Å²) in [7, 11) is 0. The number of nitrogens with zero attached hydrogens (tertiary/aromatic N) is 2. The minimum absolute atomic E-state index is 0.246. The number of hydrogen-bond donors (Lipinski definition) is 1. The van der Waals surface area contributed by atoms with Crippen molar-refractivity contribution in [3.63, 3.8) is 0 Å². The van der Waals surface area contributed by atoms with Gasteiger partial charge in [0.2, 0.25) is 0 Å². The molecule has 0 saturated carbocycles. The fourth-order valence-corrected chi connectivity index (χ4v) is 2.64. The zero-order chi connectivity index (χ0) is 17.8.